The Balaban J connectivity index is 0.00000341. The summed E-state index contributed by atoms with van der Waals surface area (Å²) in [5.74, 6) is 0.158. The molecule has 1 saturated heterocycles. The molecule has 3 N–H and O–H groups in total. The van der Waals surface area contributed by atoms with Gasteiger partial charge in [-0.05, 0) is 38.0 Å². The van der Waals surface area contributed by atoms with Crippen LogP contribution < -0.4 is 15.5 Å². The van der Waals surface area contributed by atoms with Crippen molar-refractivity contribution >= 4 is 35.6 Å². The van der Waals surface area contributed by atoms with Gasteiger partial charge in [0, 0.05) is 31.2 Å². The van der Waals surface area contributed by atoms with Crippen LogP contribution in [-0.2, 0) is 0 Å². The van der Waals surface area contributed by atoms with E-state index in [1.54, 1.807) is 18.2 Å². The van der Waals surface area contributed by atoms with Crippen LogP contribution in [0.5, 0.6) is 0 Å². The molecule has 1 heterocycles. The minimum Gasteiger partial charge on any atom is -0.386 e. The fourth-order valence-corrected chi connectivity index (χ4v) is 3.69. The van der Waals surface area contributed by atoms with Gasteiger partial charge >= 0.3 is 0 Å². The van der Waals surface area contributed by atoms with E-state index in [-0.39, 0.29) is 42.1 Å². The zero-order valence-electron chi connectivity index (χ0n) is 17.6. The lowest BCUT2D eigenvalue weighted by Gasteiger charge is -2.35. The highest BCUT2D eigenvalue weighted by atomic mass is 127. The van der Waals surface area contributed by atoms with Crippen LogP contribution in [0.4, 0.5) is 10.1 Å². The highest BCUT2D eigenvalue weighted by molar-refractivity contribution is 14.0. The van der Waals surface area contributed by atoms with Crippen LogP contribution in [0.25, 0.3) is 0 Å². The number of aliphatic hydroxyl groups excluding tert-OH is 1. The van der Waals surface area contributed by atoms with Crippen LogP contribution in [0.2, 0.25) is 0 Å². The van der Waals surface area contributed by atoms with E-state index in [9.17, 15) is 14.8 Å². The van der Waals surface area contributed by atoms with Crippen molar-refractivity contribution in [1.82, 2.24) is 10.6 Å². The van der Waals surface area contributed by atoms with E-state index in [2.05, 4.69) is 26.6 Å². The predicted molar refractivity (Wildman–Crippen MR) is 132 cm³/mol. The van der Waals surface area contributed by atoms with Crippen LogP contribution in [0.15, 0.2) is 53.5 Å². The van der Waals surface area contributed by atoms with Crippen molar-refractivity contribution in [2.75, 3.05) is 31.1 Å². The van der Waals surface area contributed by atoms with Crippen LogP contribution in [0.3, 0.4) is 0 Å². The maximum atomic E-state index is 13.9. The summed E-state index contributed by atoms with van der Waals surface area (Å²) in [6.07, 6.45) is 0.965. The molecule has 8 heteroatoms. The fraction of sp³-hybridized carbons (Fsp3) is 0.391. The van der Waals surface area contributed by atoms with Crippen molar-refractivity contribution in [3.63, 3.8) is 0 Å². The molecule has 3 rings (SSSR count). The number of benzene rings is 2. The summed E-state index contributed by atoms with van der Waals surface area (Å²) in [4.78, 5) is 6.68. The van der Waals surface area contributed by atoms with Crippen LogP contribution in [0.1, 0.15) is 37.0 Å². The number of para-hydroxylation sites is 1. The number of piperidine rings is 1. The highest BCUT2D eigenvalue weighted by Gasteiger charge is 2.22. The Bertz CT molecular complexity index is 917. The van der Waals surface area contributed by atoms with Gasteiger partial charge in [-0.3, -0.25) is 4.99 Å². The molecule has 0 aliphatic carbocycles. The summed E-state index contributed by atoms with van der Waals surface area (Å²) in [5, 5.41) is 26.3. The van der Waals surface area contributed by atoms with Gasteiger partial charge in [-0.25, -0.2) is 4.39 Å². The number of guanidine groups is 1. The highest BCUT2D eigenvalue weighted by Crippen LogP contribution is 2.23. The topological polar surface area (TPSA) is 83.7 Å². The van der Waals surface area contributed by atoms with E-state index in [1.165, 1.54) is 6.07 Å². The van der Waals surface area contributed by atoms with Gasteiger partial charge in [0.25, 0.3) is 0 Å². The Hall–Kier alpha value is -2.38. The van der Waals surface area contributed by atoms with Crippen molar-refractivity contribution < 1.29 is 9.50 Å². The molecule has 0 amide bonds. The quantitative estimate of drug-likeness (QED) is 0.298. The average molecular weight is 537 g/mol. The molecule has 1 fully saturated rings. The molecule has 0 spiro atoms. The lowest BCUT2D eigenvalue weighted by atomic mass is 10.0. The summed E-state index contributed by atoms with van der Waals surface area (Å²) >= 11 is 0. The monoisotopic (exact) mass is 537 g/mol. The number of nitrogens with zero attached hydrogens (tertiary/aromatic N) is 3. The SMILES string of the molecule is CCNC(=NCC(O)c1ccccc1F)NC1CCCN(c2ccccc2C#N)C1.I. The van der Waals surface area contributed by atoms with Crippen LogP contribution in [-0.4, -0.2) is 43.3 Å². The van der Waals surface area contributed by atoms with E-state index in [0.717, 1.165) is 31.6 Å². The normalized spacial score (nSPS) is 17.3. The maximum Gasteiger partial charge on any atom is 0.191 e. The van der Waals surface area contributed by atoms with E-state index < -0.39 is 11.9 Å². The Labute approximate surface area is 200 Å². The second kappa shape index (κ2) is 12.5. The number of nitrogens with one attached hydrogen (secondary N) is 2. The largest absolute Gasteiger partial charge is 0.386 e. The third-order valence-electron chi connectivity index (χ3n) is 5.16. The molecule has 1 aliphatic rings. The zero-order valence-corrected chi connectivity index (χ0v) is 19.9. The Morgan fingerprint density at radius 1 is 1.29 bits per heavy atom. The third-order valence-corrected chi connectivity index (χ3v) is 5.16. The summed E-state index contributed by atoms with van der Waals surface area (Å²) < 4.78 is 13.9. The predicted octanol–water partition coefficient (Wildman–Crippen LogP) is 3.57. The Morgan fingerprint density at radius 3 is 2.77 bits per heavy atom. The van der Waals surface area contributed by atoms with Gasteiger partial charge in [0.1, 0.15) is 18.0 Å². The second-order valence-electron chi connectivity index (χ2n) is 7.32. The molecular formula is C23H29FIN5O. The van der Waals surface area contributed by atoms with Crippen molar-refractivity contribution in [1.29, 1.82) is 5.26 Å². The lowest BCUT2D eigenvalue weighted by Crippen LogP contribution is -2.51. The smallest absolute Gasteiger partial charge is 0.191 e. The number of hydrogen-bond donors (Lipinski definition) is 3. The van der Waals surface area contributed by atoms with E-state index in [0.29, 0.717) is 18.1 Å². The maximum absolute atomic E-state index is 13.9. The fourth-order valence-electron chi connectivity index (χ4n) is 3.69. The minimum absolute atomic E-state index is 0. The van der Waals surface area contributed by atoms with Crippen molar-refractivity contribution in [2.24, 2.45) is 4.99 Å². The standard InChI is InChI=1S/C23H28FN5O.HI/c1-2-26-23(27-15-22(30)19-10-4-5-11-20(19)24)28-18-9-7-13-29(16-18)21-12-6-3-8-17(21)14-25;/h3-6,8,10-12,18,22,30H,2,7,9,13,15-16H2,1H3,(H2,26,27,28);1H. The van der Waals surface area contributed by atoms with Gasteiger partial charge in [-0.15, -0.1) is 24.0 Å². The van der Waals surface area contributed by atoms with Gasteiger partial charge in [-0.1, -0.05) is 30.3 Å². The molecule has 0 bridgehead atoms. The summed E-state index contributed by atoms with van der Waals surface area (Å²) in [7, 11) is 0. The number of hydrogen-bond acceptors (Lipinski definition) is 4. The molecule has 1 aliphatic heterocycles. The number of aliphatic imine (C=N–C) groups is 1. The van der Waals surface area contributed by atoms with Gasteiger partial charge in [-0.2, -0.15) is 5.26 Å². The number of rotatable bonds is 6. The van der Waals surface area contributed by atoms with Gasteiger partial charge in [0.2, 0.25) is 0 Å². The van der Waals surface area contributed by atoms with Crippen LogP contribution in [0, 0.1) is 17.1 Å². The van der Waals surface area contributed by atoms with Crippen molar-refractivity contribution in [3.8, 4) is 6.07 Å². The Morgan fingerprint density at radius 2 is 2.03 bits per heavy atom. The van der Waals surface area contributed by atoms with Crippen molar-refractivity contribution in [2.45, 2.75) is 31.9 Å². The van der Waals surface area contributed by atoms with Gasteiger partial charge in [0.05, 0.1) is 17.8 Å². The molecule has 2 aromatic carbocycles. The molecule has 0 radical (unpaired) electrons. The van der Waals surface area contributed by atoms with E-state index in [4.69, 9.17) is 0 Å². The molecule has 0 aromatic heterocycles. The number of aliphatic hydroxyl groups is 1. The molecule has 166 valence electrons. The van der Waals surface area contributed by atoms with Gasteiger partial charge < -0.3 is 20.6 Å². The minimum atomic E-state index is -1.01. The molecular weight excluding hydrogens is 508 g/mol. The number of halogens is 2. The molecule has 2 atom stereocenters. The number of anilines is 1. The van der Waals surface area contributed by atoms with E-state index >= 15 is 0 Å². The zero-order chi connectivity index (χ0) is 21.3. The first-order chi connectivity index (χ1) is 14.6. The van der Waals surface area contributed by atoms with E-state index in [1.807, 2.05) is 31.2 Å². The summed E-state index contributed by atoms with van der Waals surface area (Å²) in [5.41, 5.74) is 1.86. The summed E-state index contributed by atoms with van der Waals surface area (Å²) in [6, 6.07) is 16.2. The Kier molecular flexibility index (Phi) is 10.0. The molecule has 0 saturated carbocycles. The molecule has 2 aromatic rings. The van der Waals surface area contributed by atoms with Crippen molar-refractivity contribution in [3.05, 3.63) is 65.5 Å². The first-order valence-corrected chi connectivity index (χ1v) is 10.3. The lowest BCUT2D eigenvalue weighted by molar-refractivity contribution is 0.182. The van der Waals surface area contributed by atoms with Gasteiger partial charge in [0.15, 0.2) is 5.96 Å². The first-order valence-electron chi connectivity index (χ1n) is 10.3. The molecule has 6 nitrogen and oxygen atoms in total. The molecule has 2 unspecified atom stereocenters. The summed E-state index contributed by atoms with van der Waals surface area (Å²) in [6.45, 7) is 4.36. The average Bonchev–Trinajstić information content (AvgIpc) is 2.78. The second-order valence-corrected chi connectivity index (χ2v) is 7.32. The number of nitriles is 1. The third kappa shape index (κ3) is 6.80. The molecule has 31 heavy (non-hydrogen) atoms. The first kappa shape index (κ1) is 24.9. The van der Waals surface area contributed by atoms with Crippen LogP contribution >= 0.6 is 24.0 Å².